The molecule has 7 heteroatoms. The van der Waals surface area contributed by atoms with Crippen molar-refractivity contribution in [3.05, 3.63) is 92.4 Å². The highest BCUT2D eigenvalue weighted by Gasteiger charge is 2.44. The van der Waals surface area contributed by atoms with Crippen LogP contribution >= 0.6 is 11.3 Å². The van der Waals surface area contributed by atoms with Crippen LogP contribution in [0.1, 0.15) is 43.1 Å². The number of aliphatic hydroxyl groups is 1. The first-order valence-electron chi connectivity index (χ1n) is 9.55. The Labute approximate surface area is 178 Å². The van der Waals surface area contributed by atoms with E-state index < -0.39 is 17.7 Å². The van der Waals surface area contributed by atoms with Gasteiger partial charge in [-0.2, -0.15) is 0 Å². The quantitative estimate of drug-likeness (QED) is 0.626. The van der Waals surface area contributed by atoms with Gasteiger partial charge in [0.25, 0.3) is 5.91 Å². The Morgan fingerprint density at radius 3 is 2.63 bits per heavy atom. The van der Waals surface area contributed by atoms with Gasteiger partial charge in [-0.05, 0) is 38.0 Å². The summed E-state index contributed by atoms with van der Waals surface area (Å²) >= 11 is 1.27. The van der Waals surface area contributed by atoms with Gasteiger partial charge in [-0.1, -0.05) is 35.9 Å². The summed E-state index contributed by atoms with van der Waals surface area (Å²) in [5.41, 5.74) is 3.29. The maximum absolute atomic E-state index is 13.5. The topological polar surface area (TPSA) is 83.4 Å². The fraction of sp³-hybridized carbons (Fsp3) is 0.217. The molecule has 30 heavy (non-hydrogen) atoms. The fourth-order valence-electron chi connectivity index (χ4n) is 3.79. The first-order chi connectivity index (χ1) is 14.4. The molecule has 3 aromatic rings. The zero-order valence-electron chi connectivity index (χ0n) is 16.9. The molecular weight excluding hydrogens is 398 g/mol. The molecule has 152 valence electrons. The summed E-state index contributed by atoms with van der Waals surface area (Å²) in [7, 11) is 0. The number of amides is 1. The molecule has 6 nitrogen and oxygen atoms in total. The lowest BCUT2D eigenvalue weighted by Gasteiger charge is -2.27. The summed E-state index contributed by atoms with van der Waals surface area (Å²) in [4.78, 5) is 36.9. The number of nitrogens with zero attached hydrogens (tertiary/aromatic N) is 3. The SMILES string of the molecule is Cc1cccc(C2C(C(=O)c3sc(C)nc3C)=C(O)C(=O)N2Cc2cccnc2)c1. The van der Waals surface area contributed by atoms with Crippen molar-refractivity contribution in [2.75, 3.05) is 0 Å². The van der Waals surface area contributed by atoms with Gasteiger partial charge < -0.3 is 10.0 Å². The lowest BCUT2D eigenvalue weighted by atomic mass is 9.94. The van der Waals surface area contributed by atoms with Crippen LogP contribution < -0.4 is 0 Å². The highest BCUT2D eigenvalue weighted by molar-refractivity contribution is 7.14. The normalized spacial score (nSPS) is 16.4. The number of ketones is 1. The zero-order chi connectivity index (χ0) is 21.4. The summed E-state index contributed by atoms with van der Waals surface area (Å²) in [5, 5.41) is 11.5. The second-order valence-electron chi connectivity index (χ2n) is 7.35. The van der Waals surface area contributed by atoms with Crippen LogP contribution in [0.15, 0.2) is 60.1 Å². The number of Topliss-reactive ketones (excluding diaryl/α,β-unsaturated/α-hetero) is 1. The monoisotopic (exact) mass is 419 g/mol. The Balaban J connectivity index is 1.83. The molecule has 2 aromatic heterocycles. The summed E-state index contributed by atoms with van der Waals surface area (Å²) < 4.78 is 0. The molecular formula is C23H21N3O3S. The molecule has 1 unspecified atom stereocenters. The van der Waals surface area contributed by atoms with Crippen molar-refractivity contribution in [2.45, 2.75) is 33.4 Å². The van der Waals surface area contributed by atoms with Gasteiger partial charge >= 0.3 is 0 Å². The minimum absolute atomic E-state index is 0.0984. The Kier molecular flexibility index (Phi) is 5.22. The first kappa shape index (κ1) is 20.0. The smallest absolute Gasteiger partial charge is 0.290 e. The summed E-state index contributed by atoms with van der Waals surface area (Å²) in [6.07, 6.45) is 3.33. The molecule has 1 aromatic carbocycles. The Hall–Kier alpha value is -3.32. The predicted octanol–water partition coefficient (Wildman–Crippen LogP) is 4.24. The van der Waals surface area contributed by atoms with Crippen LogP contribution in [0.25, 0.3) is 0 Å². The molecule has 0 bridgehead atoms. The number of pyridine rings is 1. The number of rotatable bonds is 5. The zero-order valence-corrected chi connectivity index (χ0v) is 17.7. The van der Waals surface area contributed by atoms with Crippen LogP contribution in [0.5, 0.6) is 0 Å². The standard InChI is InChI=1S/C23H21N3O3S/c1-13-6-4-8-17(10-13)19-18(20(27)22-14(2)25-15(3)30-22)21(28)23(29)26(19)12-16-7-5-9-24-11-16/h4-11,19,28H,12H2,1-3H3. The van der Waals surface area contributed by atoms with E-state index in [0.717, 1.165) is 21.7 Å². The molecule has 1 N–H and O–H groups in total. The van der Waals surface area contributed by atoms with Gasteiger partial charge in [-0.15, -0.1) is 11.3 Å². The number of thiazole rings is 1. The number of carbonyl (C=O) groups excluding carboxylic acids is 2. The summed E-state index contributed by atoms with van der Waals surface area (Å²) in [6, 6.07) is 10.6. The van der Waals surface area contributed by atoms with Gasteiger partial charge in [0.15, 0.2) is 5.76 Å². The van der Waals surface area contributed by atoms with Crippen molar-refractivity contribution in [3.8, 4) is 0 Å². The summed E-state index contributed by atoms with van der Waals surface area (Å²) in [5.74, 6) is -1.42. The lowest BCUT2D eigenvalue weighted by molar-refractivity contribution is -0.130. The Morgan fingerprint density at radius 2 is 2.00 bits per heavy atom. The first-order valence-corrected chi connectivity index (χ1v) is 10.4. The van der Waals surface area contributed by atoms with Gasteiger partial charge in [0.1, 0.15) is 0 Å². The number of aliphatic hydroxyl groups excluding tert-OH is 1. The van der Waals surface area contributed by atoms with E-state index in [4.69, 9.17) is 0 Å². The average Bonchev–Trinajstić information content (AvgIpc) is 3.19. The minimum Gasteiger partial charge on any atom is -0.503 e. The predicted molar refractivity (Wildman–Crippen MR) is 114 cm³/mol. The number of carbonyl (C=O) groups is 2. The van der Waals surface area contributed by atoms with E-state index in [2.05, 4.69) is 9.97 Å². The number of benzene rings is 1. The second kappa shape index (κ2) is 7.84. The van der Waals surface area contributed by atoms with E-state index in [1.165, 1.54) is 16.2 Å². The van der Waals surface area contributed by atoms with E-state index >= 15 is 0 Å². The molecule has 3 heterocycles. The van der Waals surface area contributed by atoms with Crippen LogP contribution in [0.3, 0.4) is 0 Å². The number of aryl methyl sites for hydroxylation is 3. The molecule has 0 saturated carbocycles. The number of hydrogen-bond acceptors (Lipinski definition) is 6. The third kappa shape index (κ3) is 3.52. The van der Waals surface area contributed by atoms with Crippen LogP contribution in [0, 0.1) is 20.8 Å². The molecule has 1 aliphatic heterocycles. The molecule has 0 spiro atoms. The average molecular weight is 420 g/mol. The molecule has 1 aliphatic rings. The van der Waals surface area contributed by atoms with Gasteiger partial charge in [0.2, 0.25) is 5.78 Å². The van der Waals surface area contributed by atoms with Crippen LogP contribution in [0.2, 0.25) is 0 Å². The maximum Gasteiger partial charge on any atom is 0.290 e. The molecule has 0 aliphatic carbocycles. The molecule has 0 fully saturated rings. The maximum atomic E-state index is 13.5. The minimum atomic E-state index is -0.688. The van der Waals surface area contributed by atoms with Gasteiger partial charge in [0, 0.05) is 18.9 Å². The van der Waals surface area contributed by atoms with Gasteiger partial charge in [-0.25, -0.2) is 4.98 Å². The highest BCUT2D eigenvalue weighted by atomic mass is 32.1. The number of hydrogen-bond donors (Lipinski definition) is 1. The van der Waals surface area contributed by atoms with Crippen molar-refractivity contribution in [3.63, 3.8) is 0 Å². The number of aromatic nitrogens is 2. The Bertz CT molecular complexity index is 1170. The van der Waals surface area contributed by atoms with E-state index in [9.17, 15) is 14.7 Å². The van der Waals surface area contributed by atoms with Crippen LogP contribution in [-0.4, -0.2) is 31.7 Å². The highest BCUT2D eigenvalue weighted by Crippen LogP contribution is 2.41. The lowest BCUT2D eigenvalue weighted by Crippen LogP contribution is -2.30. The van der Waals surface area contributed by atoms with Crippen LogP contribution in [-0.2, 0) is 11.3 Å². The van der Waals surface area contributed by atoms with Crippen molar-refractivity contribution in [2.24, 2.45) is 0 Å². The fourth-order valence-corrected chi connectivity index (χ4v) is 4.66. The van der Waals surface area contributed by atoms with Gasteiger partial charge in [-0.3, -0.25) is 14.6 Å². The molecule has 1 amide bonds. The van der Waals surface area contributed by atoms with Crippen molar-refractivity contribution in [1.82, 2.24) is 14.9 Å². The molecule has 4 rings (SSSR count). The largest absolute Gasteiger partial charge is 0.503 e. The Morgan fingerprint density at radius 1 is 1.20 bits per heavy atom. The molecule has 0 radical (unpaired) electrons. The van der Waals surface area contributed by atoms with E-state index in [1.54, 1.807) is 25.4 Å². The van der Waals surface area contributed by atoms with E-state index in [0.29, 0.717) is 10.6 Å². The third-order valence-electron chi connectivity index (χ3n) is 5.09. The van der Waals surface area contributed by atoms with E-state index in [1.807, 2.05) is 44.2 Å². The second-order valence-corrected chi connectivity index (χ2v) is 8.55. The third-order valence-corrected chi connectivity index (χ3v) is 6.16. The van der Waals surface area contributed by atoms with Crippen molar-refractivity contribution < 1.29 is 14.7 Å². The molecule has 0 saturated heterocycles. The van der Waals surface area contributed by atoms with E-state index in [-0.39, 0.29) is 17.9 Å². The molecule has 1 atom stereocenters. The summed E-state index contributed by atoms with van der Waals surface area (Å²) in [6.45, 7) is 5.77. The van der Waals surface area contributed by atoms with Crippen molar-refractivity contribution in [1.29, 1.82) is 0 Å². The van der Waals surface area contributed by atoms with Gasteiger partial charge in [0.05, 0.1) is 27.2 Å². The van der Waals surface area contributed by atoms with Crippen LogP contribution in [0.4, 0.5) is 0 Å². The van der Waals surface area contributed by atoms with Crippen molar-refractivity contribution >= 4 is 23.0 Å².